The predicted octanol–water partition coefficient (Wildman–Crippen LogP) is 0.760. The van der Waals surface area contributed by atoms with Crippen molar-refractivity contribution in [3.8, 4) is 5.88 Å². The van der Waals surface area contributed by atoms with E-state index in [1.165, 1.54) is 13.4 Å². The lowest BCUT2D eigenvalue weighted by Crippen LogP contribution is -2.19. The van der Waals surface area contributed by atoms with Gasteiger partial charge < -0.3 is 15.2 Å². The second-order valence-electron chi connectivity index (χ2n) is 3.09. The molecule has 1 atom stereocenters. The number of ether oxygens (including phenoxy) is 1. The zero-order valence-electron chi connectivity index (χ0n) is 8.60. The lowest BCUT2D eigenvalue weighted by Gasteiger charge is -2.11. The number of hydrogen-bond acceptors (Lipinski definition) is 5. The maximum absolute atomic E-state index is 10.4. The minimum absolute atomic E-state index is 0.0340. The highest BCUT2D eigenvalue weighted by molar-refractivity contribution is 5.68. The molecule has 1 heterocycles. The fraction of sp³-hybridized carbons (Fsp3) is 0.444. The Morgan fingerprint density at radius 3 is 3.00 bits per heavy atom. The zero-order chi connectivity index (χ0) is 11.3. The van der Waals surface area contributed by atoms with Crippen LogP contribution in [0, 0.1) is 0 Å². The Balaban J connectivity index is 2.59. The minimum atomic E-state index is -0.851. The lowest BCUT2D eigenvalue weighted by atomic mass is 10.2. The monoisotopic (exact) mass is 211 g/mol. The molecule has 0 aliphatic heterocycles. The molecular formula is C9H13N3O3. The van der Waals surface area contributed by atoms with Gasteiger partial charge in [-0.1, -0.05) is 0 Å². The number of aromatic nitrogens is 2. The van der Waals surface area contributed by atoms with Crippen LogP contribution in [0.1, 0.15) is 13.3 Å². The second kappa shape index (κ2) is 5.14. The second-order valence-corrected chi connectivity index (χ2v) is 3.09. The first-order chi connectivity index (χ1) is 7.11. The molecule has 0 amide bonds. The van der Waals surface area contributed by atoms with E-state index in [4.69, 9.17) is 9.84 Å². The summed E-state index contributed by atoms with van der Waals surface area (Å²) in [6.07, 6.45) is 1.39. The van der Waals surface area contributed by atoms with Crippen LogP contribution in [-0.2, 0) is 4.79 Å². The van der Waals surface area contributed by atoms with Crippen LogP contribution >= 0.6 is 0 Å². The summed E-state index contributed by atoms with van der Waals surface area (Å²) in [4.78, 5) is 18.2. The van der Waals surface area contributed by atoms with Crippen LogP contribution in [-0.4, -0.2) is 34.2 Å². The molecule has 1 rings (SSSR count). The van der Waals surface area contributed by atoms with Crippen LogP contribution in [0.4, 0.5) is 5.82 Å². The van der Waals surface area contributed by atoms with E-state index in [1.807, 2.05) is 0 Å². The number of carboxylic acids is 1. The molecule has 0 bridgehead atoms. The molecule has 6 heteroatoms. The van der Waals surface area contributed by atoms with Gasteiger partial charge in [0.25, 0.3) is 0 Å². The number of methoxy groups -OCH3 is 1. The molecule has 1 aromatic heterocycles. The molecule has 0 aliphatic carbocycles. The Morgan fingerprint density at radius 2 is 2.40 bits per heavy atom. The number of anilines is 1. The first-order valence-corrected chi connectivity index (χ1v) is 4.46. The van der Waals surface area contributed by atoms with Crippen molar-refractivity contribution < 1.29 is 14.6 Å². The molecule has 0 saturated carbocycles. The number of carboxylic acid groups (broad SMARTS) is 1. The Hall–Kier alpha value is -1.85. The smallest absolute Gasteiger partial charge is 0.305 e. The van der Waals surface area contributed by atoms with E-state index in [-0.39, 0.29) is 12.5 Å². The van der Waals surface area contributed by atoms with Gasteiger partial charge in [0.15, 0.2) is 0 Å². The molecule has 82 valence electrons. The van der Waals surface area contributed by atoms with Crippen molar-refractivity contribution in [2.24, 2.45) is 0 Å². The minimum Gasteiger partial charge on any atom is -0.481 e. The van der Waals surface area contributed by atoms with Crippen LogP contribution in [0.5, 0.6) is 5.88 Å². The molecule has 0 spiro atoms. The van der Waals surface area contributed by atoms with E-state index in [0.717, 1.165) is 0 Å². The number of hydrogen-bond donors (Lipinski definition) is 2. The summed E-state index contributed by atoms with van der Waals surface area (Å²) in [5.41, 5.74) is 0. The van der Waals surface area contributed by atoms with Crippen molar-refractivity contribution >= 4 is 11.8 Å². The molecule has 6 nitrogen and oxygen atoms in total. The van der Waals surface area contributed by atoms with E-state index in [0.29, 0.717) is 11.7 Å². The lowest BCUT2D eigenvalue weighted by molar-refractivity contribution is -0.137. The maximum atomic E-state index is 10.4. The van der Waals surface area contributed by atoms with E-state index in [9.17, 15) is 4.79 Å². The van der Waals surface area contributed by atoms with Gasteiger partial charge in [-0.05, 0) is 6.92 Å². The Bertz CT molecular complexity index is 343. The summed E-state index contributed by atoms with van der Waals surface area (Å²) in [7, 11) is 1.51. The third kappa shape index (κ3) is 3.80. The fourth-order valence-corrected chi connectivity index (χ4v) is 1.10. The Kier molecular flexibility index (Phi) is 3.84. The van der Waals surface area contributed by atoms with E-state index in [2.05, 4.69) is 15.3 Å². The van der Waals surface area contributed by atoms with Crippen LogP contribution in [0.25, 0.3) is 0 Å². The standard InChI is InChI=1S/C9H13N3O3/c1-6(3-9(13)14)12-7-4-8(15-2)11-5-10-7/h4-6H,3H2,1-2H3,(H,13,14)(H,10,11,12). The van der Waals surface area contributed by atoms with E-state index < -0.39 is 5.97 Å². The normalized spacial score (nSPS) is 11.9. The number of nitrogens with one attached hydrogen (secondary N) is 1. The van der Waals surface area contributed by atoms with Gasteiger partial charge in [0.05, 0.1) is 13.5 Å². The molecule has 1 aromatic rings. The quantitative estimate of drug-likeness (QED) is 0.748. The first-order valence-electron chi connectivity index (χ1n) is 4.46. The SMILES string of the molecule is COc1cc(NC(C)CC(=O)O)ncn1. The average Bonchev–Trinajstić information content (AvgIpc) is 2.16. The van der Waals surface area contributed by atoms with Crippen molar-refractivity contribution in [2.45, 2.75) is 19.4 Å². The molecule has 0 saturated heterocycles. The van der Waals surface area contributed by atoms with Crippen LogP contribution < -0.4 is 10.1 Å². The molecule has 0 fully saturated rings. The number of rotatable bonds is 5. The molecule has 1 unspecified atom stereocenters. The number of aliphatic carboxylic acids is 1. The van der Waals surface area contributed by atoms with Crippen LogP contribution in [0.15, 0.2) is 12.4 Å². The summed E-state index contributed by atoms with van der Waals surface area (Å²) < 4.78 is 4.91. The summed E-state index contributed by atoms with van der Waals surface area (Å²) in [5.74, 6) is 0.140. The highest BCUT2D eigenvalue weighted by Gasteiger charge is 2.08. The highest BCUT2D eigenvalue weighted by Crippen LogP contribution is 2.11. The van der Waals surface area contributed by atoms with Crippen molar-refractivity contribution in [1.29, 1.82) is 0 Å². The topological polar surface area (TPSA) is 84.3 Å². The molecule has 15 heavy (non-hydrogen) atoms. The van der Waals surface area contributed by atoms with Gasteiger partial charge >= 0.3 is 5.97 Å². The Morgan fingerprint density at radius 1 is 1.67 bits per heavy atom. The summed E-state index contributed by atoms with van der Waals surface area (Å²) in [6.45, 7) is 1.77. The van der Waals surface area contributed by atoms with Crippen LogP contribution in [0.3, 0.4) is 0 Å². The number of nitrogens with zero attached hydrogens (tertiary/aromatic N) is 2. The van der Waals surface area contributed by atoms with E-state index in [1.54, 1.807) is 13.0 Å². The van der Waals surface area contributed by atoms with Crippen LogP contribution in [0.2, 0.25) is 0 Å². The van der Waals surface area contributed by atoms with Gasteiger partial charge in [-0.2, -0.15) is 0 Å². The molecule has 0 radical (unpaired) electrons. The van der Waals surface area contributed by atoms with Crippen molar-refractivity contribution in [3.05, 3.63) is 12.4 Å². The van der Waals surface area contributed by atoms with Gasteiger partial charge in [-0.25, -0.2) is 9.97 Å². The Labute approximate surface area is 87.3 Å². The highest BCUT2D eigenvalue weighted by atomic mass is 16.5. The zero-order valence-corrected chi connectivity index (χ0v) is 8.60. The summed E-state index contributed by atoms with van der Waals surface area (Å²) in [5, 5.41) is 11.5. The van der Waals surface area contributed by atoms with Gasteiger partial charge in [-0.15, -0.1) is 0 Å². The van der Waals surface area contributed by atoms with Crippen molar-refractivity contribution in [2.75, 3.05) is 12.4 Å². The van der Waals surface area contributed by atoms with E-state index >= 15 is 0 Å². The van der Waals surface area contributed by atoms with Gasteiger partial charge in [0, 0.05) is 12.1 Å². The largest absolute Gasteiger partial charge is 0.481 e. The third-order valence-corrected chi connectivity index (χ3v) is 1.73. The van der Waals surface area contributed by atoms with Gasteiger partial charge in [-0.3, -0.25) is 4.79 Å². The average molecular weight is 211 g/mol. The van der Waals surface area contributed by atoms with Gasteiger partial charge in [0.2, 0.25) is 5.88 Å². The molecular weight excluding hydrogens is 198 g/mol. The van der Waals surface area contributed by atoms with Crippen molar-refractivity contribution in [1.82, 2.24) is 9.97 Å². The maximum Gasteiger partial charge on any atom is 0.305 e. The first kappa shape index (κ1) is 11.2. The molecule has 0 aromatic carbocycles. The number of carbonyl (C=O) groups is 1. The summed E-state index contributed by atoms with van der Waals surface area (Å²) >= 11 is 0. The predicted molar refractivity (Wildman–Crippen MR) is 53.9 cm³/mol. The molecule has 0 aliphatic rings. The molecule has 2 N–H and O–H groups in total. The third-order valence-electron chi connectivity index (χ3n) is 1.73. The van der Waals surface area contributed by atoms with Crippen molar-refractivity contribution in [3.63, 3.8) is 0 Å². The van der Waals surface area contributed by atoms with Gasteiger partial charge in [0.1, 0.15) is 12.1 Å². The fourth-order valence-electron chi connectivity index (χ4n) is 1.10. The summed E-state index contributed by atoms with van der Waals surface area (Å²) in [6, 6.07) is 1.42.